The number of rotatable bonds is 3. The van der Waals surface area contributed by atoms with Crippen LogP contribution in [0.2, 0.25) is 0 Å². The molecule has 2 N–H and O–H groups in total. The maximum atomic E-state index is 11.5. The van der Waals surface area contributed by atoms with Crippen molar-refractivity contribution in [3.05, 3.63) is 17.8 Å². The second-order valence-electron chi connectivity index (χ2n) is 7.17. The summed E-state index contributed by atoms with van der Waals surface area (Å²) in [4.78, 5) is 21.8. The Labute approximate surface area is 172 Å². The Morgan fingerprint density at radius 2 is 2.08 bits per heavy atom. The summed E-state index contributed by atoms with van der Waals surface area (Å²) >= 11 is 0. The first-order valence-corrected chi connectivity index (χ1v) is 8.58. The normalized spacial score (nSPS) is 16.0. The molecule has 0 spiro atoms. The van der Waals surface area contributed by atoms with E-state index >= 15 is 0 Å². The van der Waals surface area contributed by atoms with Crippen LogP contribution in [0.4, 0.5) is 4.79 Å². The molecule has 2 heterocycles. The van der Waals surface area contributed by atoms with E-state index in [0.717, 1.165) is 18.6 Å². The second-order valence-corrected chi connectivity index (χ2v) is 7.17. The van der Waals surface area contributed by atoms with Gasteiger partial charge in [-0.25, -0.2) is 9.78 Å². The van der Waals surface area contributed by atoms with E-state index in [1.54, 1.807) is 18.1 Å². The Bertz CT molecular complexity index is 604. The Hall–Kier alpha value is -1.52. The second kappa shape index (κ2) is 9.98. The van der Waals surface area contributed by atoms with Crippen LogP contribution in [-0.4, -0.2) is 55.2 Å². The highest BCUT2D eigenvalue weighted by atomic mass is 127. The van der Waals surface area contributed by atoms with E-state index < -0.39 is 0 Å². The van der Waals surface area contributed by atoms with Gasteiger partial charge in [0.15, 0.2) is 5.96 Å². The van der Waals surface area contributed by atoms with Crippen LogP contribution in [0.1, 0.15) is 45.3 Å². The quantitative estimate of drug-likeness (QED) is 0.393. The minimum atomic E-state index is -0.264. The zero-order chi connectivity index (χ0) is 18.4. The highest BCUT2D eigenvalue weighted by Crippen LogP contribution is 2.22. The summed E-state index contributed by atoms with van der Waals surface area (Å²) in [5.41, 5.74) is -0.0568. The topological polar surface area (TPSA) is 92.0 Å². The van der Waals surface area contributed by atoms with Gasteiger partial charge in [-0.3, -0.25) is 4.99 Å². The molecule has 0 atom stereocenters. The number of aromatic nitrogens is 1. The molecule has 1 aromatic heterocycles. The number of guanidine groups is 1. The van der Waals surface area contributed by atoms with Crippen LogP contribution >= 0.6 is 24.0 Å². The molecule has 9 heteroatoms. The summed E-state index contributed by atoms with van der Waals surface area (Å²) in [6.07, 6.45) is 3.21. The molecule has 8 nitrogen and oxygen atoms in total. The fourth-order valence-electron chi connectivity index (χ4n) is 2.62. The molecule has 2 rings (SSSR count). The number of likely N-dealkylation sites (tertiary alicyclic amines) is 1. The van der Waals surface area contributed by atoms with Gasteiger partial charge in [-0.2, -0.15) is 0 Å². The fraction of sp³-hybridized carbons (Fsp3) is 0.706. The van der Waals surface area contributed by atoms with Gasteiger partial charge in [0.2, 0.25) is 5.89 Å². The summed E-state index contributed by atoms with van der Waals surface area (Å²) in [6.45, 7) is 8.09. The Morgan fingerprint density at radius 1 is 1.42 bits per heavy atom. The standard InChI is InChI=1S/C17H29N5O3.HI/c1-17(2,3)13-10-19-14(25-13)11-20-15(18-4)21-12-6-8-22(9-7-12)16(23)24-5;/h10,12H,6-9,11H2,1-5H3,(H2,18,20,21);1H. The molecule has 0 radical (unpaired) electrons. The van der Waals surface area contributed by atoms with Crippen LogP contribution in [0.3, 0.4) is 0 Å². The summed E-state index contributed by atoms with van der Waals surface area (Å²) in [7, 11) is 3.14. The van der Waals surface area contributed by atoms with Crippen molar-refractivity contribution in [1.29, 1.82) is 0 Å². The monoisotopic (exact) mass is 479 g/mol. The van der Waals surface area contributed by atoms with Crippen LogP contribution in [-0.2, 0) is 16.7 Å². The first kappa shape index (κ1) is 22.5. The maximum absolute atomic E-state index is 11.5. The van der Waals surface area contributed by atoms with Crippen LogP contribution in [0.15, 0.2) is 15.6 Å². The molecule has 0 bridgehead atoms. The van der Waals surface area contributed by atoms with Crippen molar-refractivity contribution in [3.63, 3.8) is 0 Å². The lowest BCUT2D eigenvalue weighted by Gasteiger charge is -2.32. The third-order valence-electron chi connectivity index (χ3n) is 4.19. The smallest absolute Gasteiger partial charge is 0.409 e. The predicted molar refractivity (Wildman–Crippen MR) is 111 cm³/mol. The Kier molecular flexibility index (Phi) is 8.65. The number of nitrogens with zero attached hydrogens (tertiary/aromatic N) is 3. The molecule has 26 heavy (non-hydrogen) atoms. The molecule has 1 amide bonds. The lowest BCUT2D eigenvalue weighted by molar-refractivity contribution is 0.111. The molecule has 0 saturated carbocycles. The number of carbonyl (C=O) groups is 1. The number of nitrogens with one attached hydrogen (secondary N) is 2. The zero-order valence-corrected chi connectivity index (χ0v) is 18.5. The van der Waals surface area contributed by atoms with E-state index in [0.29, 0.717) is 31.5 Å². The van der Waals surface area contributed by atoms with Gasteiger partial charge < -0.3 is 24.7 Å². The fourth-order valence-corrected chi connectivity index (χ4v) is 2.62. The number of piperidine rings is 1. The summed E-state index contributed by atoms with van der Waals surface area (Å²) < 4.78 is 10.5. The van der Waals surface area contributed by atoms with Gasteiger partial charge >= 0.3 is 6.09 Å². The van der Waals surface area contributed by atoms with Crippen LogP contribution in [0.5, 0.6) is 0 Å². The van der Waals surface area contributed by atoms with E-state index in [-0.39, 0.29) is 41.5 Å². The van der Waals surface area contributed by atoms with Gasteiger partial charge in [-0.1, -0.05) is 20.8 Å². The minimum absolute atomic E-state index is 0. The number of hydrogen-bond donors (Lipinski definition) is 2. The summed E-state index contributed by atoms with van der Waals surface area (Å²) in [5, 5.41) is 6.60. The van der Waals surface area contributed by atoms with Gasteiger partial charge in [0.25, 0.3) is 0 Å². The van der Waals surface area contributed by atoms with E-state index in [1.807, 2.05) is 0 Å². The Balaban J connectivity index is 0.00000338. The Morgan fingerprint density at radius 3 is 2.58 bits per heavy atom. The molecule has 148 valence electrons. The molecule has 1 saturated heterocycles. The number of carbonyl (C=O) groups excluding carboxylic acids is 1. The highest BCUT2D eigenvalue weighted by Gasteiger charge is 2.24. The van der Waals surface area contributed by atoms with Crippen molar-refractivity contribution in [2.75, 3.05) is 27.2 Å². The van der Waals surface area contributed by atoms with Crippen LogP contribution < -0.4 is 10.6 Å². The molecule has 1 aliphatic rings. The molecular weight excluding hydrogens is 449 g/mol. The molecule has 0 unspecified atom stereocenters. The van der Waals surface area contributed by atoms with E-state index in [1.165, 1.54) is 7.11 Å². The first-order valence-electron chi connectivity index (χ1n) is 8.58. The average molecular weight is 479 g/mol. The van der Waals surface area contributed by atoms with Gasteiger partial charge in [0.05, 0.1) is 19.9 Å². The lowest BCUT2D eigenvalue weighted by atomic mass is 9.94. The van der Waals surface area contributed by atoms with Crippen molar-refractivity contribution < 1.29 is 13.9 Å². The van der Waals surface area contributed by atoms with E-state index in [9.17, 15) is 4.79 Å². The van der Waals surface area contributed by atoms with Crippen molar-refractivity contribution >= 4 is 36.0 Å². The third-order valence-corrected chi connectivity index (χ3v) is 4.19. The van der Waals surface area contributed by atoms with Crippen LogP contribution in [0.25, 0.3) is 0 Å². The summed E-state index contributed by atoms with van der Waals surface area (Å²) in [6, 6.07) is 0.266. The molecule has 1 fully saturated rings. The van der Waals surface area contributed by atoms with Gasteiger partial charge in [-0.05, 0) is 12.8 Å². The largest absolute Gasteiger partial charge is 0.453 e. The van der Waals surface area contributed by atoms with E-state index in [4.69, 9.17) is 9.15 Å². The third kappa shape index (κ3) is 6.33. The molecule has 1 aromatic rings. The molecule has 0 aliphatic carbocycles. The zero-order valence-electron chi connectivity index (χ0n) is 16.2. The van der Waals surface area contributed by atoms with Crippen LogP contribution in [0, 0.1) is 0 Å². The average Bonchev–Trinajstić information content (AvgIpc) is 3.08. The number of amides is 1. The SMILES string of the molecule is CN=C(NCc1ncc(C(C)(C)C)o1)NC1CCN(C(=O)OC)CC1.I. The number of ether oxygens (including phenoxy) is 1. The van der Waals surface area contributed by atoms with Gasteiger partial charge in [0, 0.05) is 31.6 Å². The van der Waals surface area contributed by atoms with Crippen molar-refractivity contribution in [3.8, 4) is 0 Å². The highest BCUT2D eigenvalue weighted by molar-refractivity contribution is 14.0. The molecular formula is C17H30IN5O3. The number of hydrogen-bond acceptors (Lipinski definition) is 5. The summed E-state index contributed by atoms with van der Waals surface area (Å²) in [5.74, 6) is 2.20. The number of aliphatic imine (C=N–C) groups is 1. The number of oxazole rings is 1. The first-order chi connectivity index (χ1) is 11.8. The number of methoxy groups -OCH3 is 1. The van der Waals surface area contributed by atoms with Crippen molar-refractivity contribution in [2.24, 2.45) is 4.99 Å². The predicted octanol–water partition coefficient (Wildman–Crippen LogP) is 2.49. The van der Waals surface area contributed by atoms with Gasteiger partial charge in [0.1, 0.15) is 5.76 Å². The van der Waals surface area contributed by atoms with Gasteiger partial charge in [-0.15, -0.1) is 24.0 Å². The van der Waals surface area contributed by atoms with Crippen molar-refractivity contribution in [2.45, 2.75) is 51.6 Å². The molecule has 1 aliphatic heterocycles. The minimum Gasteiger partial charge on any atom is -0.453 e. The maximum Gasteiger partial charge on any atom is 0.409 e. The number of halogens is 1. The molecule has 0 aromatic carbocycles. The van der Waals surface area contributed by atoms with E-state index in [2.05, 4.69) is 41.4 Å². The lowest BCUT2D eigenvalue weighted by Crippen LogP contribution is -2.49. The van der Waals surface area contributed by atoms with Crippen molar-refractivity contribution in [1.82, 2.24) is 20.5 Å².